The Kier molecular flexibility index (Phi) is 5.73. The third-order valence-electron chi connectivity index (χ3n) is 11.0. The van der Waals surface area contributed by atoms with E-state index in [0.29, 0.717) is 28.8 Å². The van der Waals surface area contributed by atoms with Crippen LogP contribution >= 0.6 is 0 Å². The molecule has 3 fully saturated rings. The van der Waals surface area contributed by atoms with Gasteiger partial charge in [0.05, 0.1) is 6.10 Å². The SMILES string of the molecule is CC[C@H]1[C@@H](O)C[C@H]2[C@@H]3CC=C4C[C@@H](O[Si](C)(C)C(C)(C)C)CC[C@]4(C)[C@H]3CC[C@@]21C. The van der Waals surface area contributed by atoms with Gasteiger partial charge in [-0.05, 0) is 97.6 Å². The average Bonchev–Trinajstić information content (AvgIpc) is 2.90. The number of aliphatic hydroxyl groups excluding tert-OH is 1. The maximum atomic E-state index is 10.9. The summed E-state index contributed by atoms with van der Waals surface area (Å²) in [4.78, 5) is 0. The van der Waals surface area contributed by atoms with Crippen molar-refractivity contribution in [1.29, 1.82) is 0 Å². The molecular weight excluding hydrogens is 384 g/mol. The molecule has 0 aromatic heterocycles. The zero-order valence-corrected chi connectivity index (χ0v) is 22.1. The number of aliphatic hydroxyl groups is 1. The summed E-state index contributed by atoms with van der Waals surface area (Å²) in [6.45, 7) is 19.3. The van der Waals surface area contributed by atoms with Gasteiger partial charge in [-0.15, -0.1) is 0 Å². The summed E-state index contributed by atoms with van der Waals surface area (Å²) in [6.07, 6.45) is 12.8. The van der Waals surface area contributed by atoms with Crippen LogP contribution in [0, 0.1) is 34.5 Å². The van der Waals surface area contributed by atoms with Crippen LogP contribution in [0.2, 0.25) is 18.1 Å². The maximum absolute atomic E-state index is 10.9. The summed E-state index contributed by atoms with van der Waals surface area (Å²) in [6, 6.07) is 0. The molecule has 0 aromatic carbocycles. The van der Waals surface area contributed by atoms with E-state index in [1.54, 1.807) is 5.57 Å². The van der Waals surface area contributed by atoms with Crippen molar-refractivity contribution in [2.75, 3.05) is 0 Å². The second-order valence-corrected chi connectivity index (χ2v) is 18.1. The van der Waals surface area contributed by atoms with Crippen LogP contribution in [-0.4, -0.2) is 25.6 Å². The number of hydrogen-bond acceptors (Lipinski definition) is 2. The van der Waals surface area contributed by atoms with E-state index in [1.165, 1.54) is 32.1 Å². The van der Waals surface area contributed by atoms with Crippen molar-refractivity contribution in [3.05, 3.63) is 11.6 Å². The quantitative estimate of drug-likeness (QED) is 0.373. The Morgan fingerprint density at radius 3 is 2.47 bits per heavy atom. The molecular formula is C27H48O2Si. The first-order valence-electron chi connectivity index (χ1n) is 12.9. The minimum absolute atomic E-state index is 0.0735. The van der Waals surface area contributed by atoms with Crippen molar-refractivity contribution < 1.29 is 9.53 Å². The highest BCUT2D eigenvalue weighted by Gasteiger charge is 2.60. The Bertz CT molecular complexity index is 691. The summed E-state index contributed by atoms with van der Waals surface area (Å²) in [7, 11) is -1.71. The van der Waals surface area contributed by atoms with E-state index in [1.807, 2.05) is 0 Å². The molecule has 0 bridgehead atoms. The predicted octanol–water partition coefficient (Wildman–Crippen LogP) is 7.34. The minimum atomic E-state index is -1.71. The van der Waals surface area contributed by atoms with Gasteiger partial charge in [0.25, 0.3) is 0 Å². The molecule has 3 heteroatoms. The molecule has 4 rings (SSSR count). The van der Waals surface area contributed by atoms with Crippen LogP contribution in [0.15, 0.2) is 11.6 Å². The molecule has 0 aromatic rings. The van der Waals surface area contributed by atoms with Gasteiger partial charge < -0.3 is 9.53 Å². The number of rotatable bonds is 3. The zero-order valence-electron chi connectivity index (χ0n) is 21.1. The smallest absolute Gasteiger partial charge is 0.192 e. The van der Waals surface area contributed by atoms with E-state index in [4.69, 9.17) is 4.43 Å². The second kappa shape index (κ2) is 7.45. The lowest BCUT2D eigenvalue weighted by Crippen LogP contribution is -2.51. The van der Waals surface area contributed by atoms with Crippen LogP contribution in [-0.2, 0) is 4.43 Å². The molecule has 4 aliphatic carbocycles. The van der Waals surface area contributed by atoms with Gasteiger partial charge in [0.15, 0.2) is 8.32 Å². The molecule has 30 heavy (non-hydrogen) atoms. The summed E-state index contributed by atoms with van der Waals surface area (Å²) < 4.78 is 6.87. The van der Waals surface area contributed by atoms with E-state index in [2.05, 4.69) is 60.7 Å². The largest absolute Gasteiger partial charge is 0.414 e. The molecule has 4 aliphatic rings. The molecule has 0 radical (unpaired) electrons. The van der Waals surface area contributed by atoms with Crippen LogP contribution in [0.25, 0.3) is 0 Å². The first-order chi connectivity index (χ1) is 13.8. The van der Waals surface area contributed by atoms with Gasteiger partial charge in [0.1, 0.15) is 0 Å². The van der Waals surface area contributed by atoms with E-state index >= 15 is 0 Å². The van der Waals surface area contributed by atoms with E-state index in [0.717, 1.165) is 31.1 Å². The van der Waals surface area contributed by atoms with Gasteiger partial charge >= 0.3 is 0 Å². The molecule has 0 saturated heterocycles. The van der Waals surface area contributed by atoms with Crippen LogP contribution in [0.4, 0.5) is 0 Å². The molecule has 2 nitrogen and oxygen atoms in total. The van der Waals surface area contributed by atoms with Crippen LogP contribution in [0.3, 0.4) is 0 Å². The zero-order chi connectivity index (χ0) is 22.1. The van der Waals surface area contributed by atoms with Crippen LogP contribution < -0.4 is 0 Å². The summed E-state index contributed by atoms with van der Waals surface area (Å²) >= 11 is 0. The summed E-state index contributed by atoms with van der Waals surface area (Å²) in [5.41, 5.74) is 2.44. The second-order valence-electron chi connectivity index (χ2n) is 13.4. The van der Waals surface area contributed by atoms with Crippen molar-refractivity contribution >= 4 is 8.32 Å². The number of fused-ring (bicyclic) bond motifs is 5. The van der Waals surface area contributed by atoms with Gasteiger partial charge in [-0.1, -0.05) is 59.6 Å². The van der Waals surface area contributed by atoms with Crippen molar-refractivity contribution in [2.24, 2.45) is 34.5 Å². The topological polar surface area (TPSA) is 29.5 Å². The molecule has 3 saturated carbocycles. The molecule has 0 spiro atoms. The Morgan fingerprint density at radius 2 is 1.83 bits per heavy atom. The highest BCUT2D eigenvalue weighted by Crippen LogP contribution is 2.66. The van der Waals surface area contributed by atoms with E-state index in [-0.39, 0.29) is 11.1 Å². The molecule has 0 amide bonds. The standard InChI is InChI=1S/C27H48O2Si/c1-9-21-24(28)17-23-20-11-10-18-16-19(29-30(7,8)25(2,3)4)12-14-26(18,5)22(20)13-15-27(21,23)6/h10,19-24,28H,9,11-17H2,1-8H3/t19-,20+,21-,22-,23-,24-,26-,27+/m0/s1. The Balaban J connectivity index is 1.54. The van der Waals surface area contributed by atoms with Crippen molar-refractivity contribution in [3.63, 3.8) is 0 Å². The van der Waals surface area contributed by atoms with Crippen LogP contribution in [0.5, 0.6) is 0 Å². The third kappa shape index (κ3) is 3.41. The monoisotopic (exact) mass is 432 g/mol. The van der Waals surface area contributed by atoms with Crippen molar-refractivity contribution in [2.45, 2.75) is 123 Å². The van der Waals surface area contributed by atoms with E-state index in [9.17, 15) is 5.11 Å². The van der Waals surface area contributed by atoms with Gasteiger partial charge in [0, 0.05) is 6.10 Å². The molecule has 172 valence electrons. The molecule has 0 unspecified atom stereocenters. The predicted molar refractivity (Wildman–Crippen MR) is 129 cm³/mol. The van der Waals surface area contributed by atoms with Gasteiger partial charge in [-0.2, -0.15) is 0 Å². The lowest BCUT2D eigenvalue weighted by molar-refractivity contribution is -0.0513. The number of allylic oxidation sites excluding steroid dienone is 1. The fraction of sp³-hybridized carbons (Fsp3) is 0.926. The Hall–Kier alpha value is -0.123. The highest BCUT2D eigenvalue weighted by molar-refractivity contribution is 6.74. The van der Waals surface area contributed by atoms with Crippen LogP contribution in [0.1, 0.15) is 92.9 Å². The first-order valence-corrected chi connectivity index (χ1v) is 15.8. The fourth-order valence-electron chi connectivity index (χ4n) is 8.18. The van der Waals surface area contributed by atoms with Crippen molar-refractivity contribution in [3.8, 4) is 0 Å². The summed E-state index contributed by atoms with van der Waals surface area (Å²) in [5.74, 6) is 2.82. The Labute approximate surface area is 187 Å². The van der Waals surface area contributed by atoms with Crippen molar-refractivity contribution in [1.82, 2.24) is 0 Å². The first kappa shape index (κ1) is 23.0. The van der Waals surface area contributed by atoms with Gasteiger partial charge in [-0.3, -0.25) is 0 Å². The average molecular weight is 433 g/mol. The molecule has 8 atom stereocenters. The molecule has 0 heterocycles. The van der Waals surface area contributed by atoms with Gasteiger partial charge in [-0.25, -0.2) is 0 Å². The maximum Gasteiger partial charge on any atom is 0.192 e. The lowest BCUT2D eigenvalue weighted by atomic mass is 9.47. The summed E-state index contributed by atoms with van der Waals surface area (Å²) in [5, 5.41) is 11.1. The lowest BCUT2D eigenvalue weighted by Gasteiger charge is -2.58. The number of hydrogen-bond donors (Lipinski definition) is 1. The minimum Gasteiger partial charge on any atom is -0.414 e. The van der Waals surface area contributed by atoms with E-state index < -0.39 is 8.32 Å². The molecule has 1 N–H and O–H groups in total. The Morgan fingerprint density at radius 1 is 1.13 bits per heavy atom. The van der Waals surface area contributed by atoms with Gasteiger partial charge in [0.2, 0.25) is 0 Å². The molecule has 0 aliphatic heterocycles. The third-order valence-corrected chi connectivity index (χ3v) is 15.5. The normalized spacial score (nSPS) is 46.6. The fourth-order valence-corrected chi connectivity index (χ4v) is 9.56. The highest BCUT2D eigenvalue weighted by atomic mass is 28.4.